The normalized spacial score (nSPS) is 12.6. The zero-order valence-electron chi connectivity index (χ0n) is 8.02. The van der Waals surface area contributed by atoms with Gasteiger partial charge in [-0.05, 0) is 13.3 Å². The maximum Gasteiger partial charge on any atom is 0.221 e. The van der Waals surface area contributed by atoms with Crippen molar-refractivity contribution in [1.29, 1.82) is 0 Å². The smallest absolute Gasteiger partial charge is 0.221 e. The van der Waals surface area contributed by atoms with Gasteiger partial charge in [-0.3, -0.25) is 4.79 Å². The van der Waals surface area contributed by atoms with Crippen molar-refractivity contribution >= 4 is 17.7 Å². The lowest BCUT2D eigenvalue weighted by atomic mass is 10.4. The van der Waals surface area contributed by atoms with Gasteiger partial charge in [0.1, 0.15) is 0 Å². The summed E-state index contributed by atoms with van der Waals surface area (Å²) in [6, 6.07) is 0. The Balaban J connectivity index is 3.31. The Kier molecular flexibility index (Phi) is 7.29. The largest absolute Gasteiger partial charge is 0.355 e. The van der Waals surface area contributed by atoms with Gasteiger partial charge in [0.25, 0.3) is 0 Å². The third-order valence-electron chi connectivity index (χ3n) is 1.59. The Bertz CT molecular complexity index is 130. The second-order valence-electron chi connectivity index (χ2n) is 2.70. The lowest BCUT2D eigenvalue weighted by molar-refractivity contribution is -0.120. The summed E-state index contributed by atoms with van der Waals surface area (Å²) in [7, 11) is 1.85. The number of carbonyl (C=O) groups is 1. The molecule has 1 unspecified atom stereocenters. The molecule has 1 amide bonds. The molecule has 72 valence electrons. The van der Waals surface area contributed by atoms with Crippen molar-refractivity contribution in [3.63, 3.8) is 0 Å². The first-order chi connectivity index (χ1) is 5.70. The molecule has 0 fully saturated rings. The van der Waals surface area contributed by atoms with Gasteiger partial charge in [-0.1, -0.05) is 6.92 Å². The van der Waals surface area contributed by atoms with Crippen LogP contribution in [0.4, 0.5) is 0 Å². The van der Waals surface area contributed by atoms with E-state index >= 15 is 0 Å². The van der Waals surface area contributed by atoms with Crippen LogP contribution in [0.3, 0.4) is 0 Å². The summed E-state index contributed by atoms with van der Waals surface area (Å²) in [5.74, 6) is 0.130. The van der Waals surface area contributed by atoms with E-state index in [4.69, 9.17) is 0 Å². The Hall–Kier alpha value is -0.220. The maximum atomic E-state index is 11.1. The highest BCUT2D eigenvalue weighted by Gasteiger charge is 2.02. The fraction of sp³-hybridized carbons (Fsp3) is 0.875. The van der Waals surface area contributed by atoms with Crippen LogP contribution in [0.2, 0.25) is 0 Å². The van der Waals surface area contributed by atoms with Gasteiger partial charge in [-0.25, -0.2) is 0 Å². The summed E-state index contributed by atoms with van der Waals surface area (Å²) in [6.45, 7) is 3.62. The number of carbonyl (C=O) groups excluding carboxylic acids is 1. The molecule has 0 aromatic heterocycles. The molecule has 0 saturated heterocycles. The SMILES string of the molecule is CNCCC(=O)NCC(C)SC. The van der Waals surface area contributed by atoms with Crippen LogP contribution in [0.25, 0.3) is 0 Å². The molecule has 0 aliphatic rings. The number of nitrogens with one attached hydrogen (secondary N) is 2. The molecule has 0 spiro atoms. The zero-order valence-corrected chi connectivity index (χ0v) is 8.83. The van der Waals surface area contributed by atoms with Crippen LogP contribution in [0.1, 0.15) is 13.3 Å². The molecule has 0 radical (unpaired) electrons. The Morgan fingerprint density at radius 1 is 1.58 bits per heavy atom. The molecule has 0 bridgehead atoms. The van der Waals surface area contributed by atoms with Crippen LogP contribution in [-0.4, -0.2) is 37.6 Å². The number of amides is 1. The minimum atomic E-state index is 0.130. The van der Waals surface area contributed by atoms with E-state index in [0.29, 0.717) is 11.7 Å². The Morgan fingerprint density at radius 3 is 2.75 bits per heavy atom. The monoisotopic (exact) mass is 190 g/mol. The van der Waals surface area contributed by atoms with Crippen molar-refractivity contribution in [3.05, 3.63) is 0 Å². The Morgan fingerprint density at radius 2 is 2.25 bits per heavy atom. The van der Waals surface area contributed by atoms with Gasteiger partial charge in [0.05, 0.1) is 0 Å². The van der Waals surface area contributed by atoms with E-state index in [0.717, 1.165) is 13.1 Å². The van der Waals surface area contributed by atoms with E-state index in [1.54, 1.807) is 11.8 Å². The molecule has 0 saturated carbocycles. The van der Waals surface area contributed by atoms with Crippen LogP contribution in [0.5, 0.6) is 0 Å². The van der Waals surface area contributed by atoms with Crippen molar-refractivity contribution in [1.82, 2.24) is 10.6 Å². The van der Waals surface area contributed by atoms with E-state index in [2.05, 4.69) is 17.6 Å². The van der Waals surface area contributed by atoms with Crippen LogP contribution in [-0.2, 0) is 4.79 Å². The van der Waals surface area contributed by atoms with Crippen molar-refractivity contribution in [2.45, 2.75) is 18.6 Å². The highest BCUT2D eigenvalue weighted by molar-refractivity contribution is 7.99. The minimum Gasteiger partial charge on any atom is -0.355 e. The molecule has 12 heavy (non-hydrogen) atoms. The molecule has 0 aliphatic heterocycles. The minimum absolute atomic E-state index is 0.130. The van der Waals surface area contributed by atoms with E-state index in [1.807, 2.05) is 13.3 Å². The van der Waals surface area contributed by atoms with Crippen LogP contribution >= 0.6 is 11.8 Å². The molecular formula is C8H18N2OS. The first-order valence-corrected chi connectivity index (χ1v) is 5.43. The average molecular weight is 190 g/mol. The van der Waals surface area contributed by atoms with Crippen LogP contribution in [0.15, 0.2) is 0 Å². The molecule has 0 heterocycles. The molecule has 3 nitrogen and oxygen atoms in total. The molecule has 0 aromatic carbocycles. The summed E-state index contributed by atoms with van der Waals surface area (Å²) >= 11 is 1.76. The van der Waals surface area contributed by atoms with Gasteiger partial charge >= 0.3 is 0 Å². The maximum absolute atomic E-state index is 11.1. The second-order valence-corrected chi connectivity index (χ2v) is 3.98. The summed E-state index contributed by atoms with van der Waals surface area (Å²) in [4.78, 5) is 11.1. The van der Waals surface area contributed by atoms with E-state index in [-0.39, 0.29) is 5.91 Å². The quantitative estimate of drug-likeness (QED) is 0.639. The molecule has 2 N–H and O–H groups in total. The third-order valence-corrected chi connectivity index (χ3v) is 2.56. The lowest BCUT2D eigenvalue weighted by Gasteiger charge is -2.09. The summed E-state index contributed by atoms with van der Waals surface area (Å²) in [6.07, 6.45) is 2.61. The number of hydrogen-bond donors (Lipinski definition) is 2. The standard InChI is InChI=1S/C8H18N2OS/c1-7(12-3)6-10-8(11)4-5-9-2/h7,9H,4-6H2,1-3H3,(H,10,11). The molecule has 4 heteroatoms. The topological polar surface area (TPSA) is 41.1 Å². The van der Waals surface area contributed by atoms with Crippen molar-refractivity contribution in [3.8, 4) is 0 Å². The first-order valence-electron chi connectivity index (χ1n) is 4.14. The lowest BCUT2D eigenvalue weighted by Crippen LogP contribution is -2.31. The first kappa shape index (κ1) is 11.8. The van der Waals surface area contributed by atoms with Crippen molar-refractivity contribution < 1.29 is 4.79 Å². The van der Waals surface area contributed by atoms with E-state index in [1.165, 1.54) is 0 Å². The fourth-order valence-electron chi connectivity index (χ4n) is 0.668. The average Bonchev–Trinajstić information content (AvgIpc) is 2.10. The van der Waals surface area contributed by atoms with Crippen LogP contribution < -0.4 is 10.6 Å². The van der Waals surface area contributed by atoms with E-state index in [9.17, 15) is 4.79 Å². The highest BCUT2D eigenvalue weighted by atomic mass is 32.2. The number of hydrogen-bond acceptors (Lipinski definition) is 3. The molecule has 1 atom stereocenters. The van der Waals surface area contributed by atoms with Gasteiger partial charge in [-0.15, -0.1) is 0 Å². The number of thioether (sulfide) groups is 1. The van der Waals surface area contributed by atoms with Gasteiger partial charge in [0.15, 0.2) is 0 Å². The van der Waals surface area contributed by atoms with Gasteiger partial charge in [-0.2, -0.15) is 11.8 Å². The molecule has 0 aliphatic carbocycles. The van der Waals surface area contributed by atoms with E-state index < -0.39 is 0 Å². The zero-order chi connectivity index (χ0) is 9.40. The van der Waals surface area contributed by atoms with Gasteiger partial charge in [0.2, 0.25) is 5.91 Å². The fourth-order valence-corrected chi connectivity index (χ4v) is 0.918. The highest BCUT2D eigenvalue weighted by Crippen LogP contribution is 2.02. The predicted molar refractivity (Wildman–Crippen MR) is 54.5 cm³/mol. The Labute approximate surface area is 78.7 Å². The third kappa shape index (κ3) is 6.49. The van der Waals surface area contributed by atoms with Crippen molar-refractivity contribution in [2.24, 2.45) is 0 Å². The van der Waals surface area contributed by atoms with Crippen molar-refractivity contribution in [2.75, 3.05) is 26.4 Å². The molecular weight excluding hydrogens is 172 g/mol. The summed E-state index contributed by atoms with van der Waals surface area (Å²) < 4.78 is 0. The number of rotatable bonds is 6. The van der Waals surface area contributed by atoms with Gasteiger partial charge in [0, 0.05) is 24.8 Å². The predicted octanol–water partition coefficient (Wildman–Crippen LogP) is 0.464. The van der Waals surface area contributed by atoms with Gasteiger partial charge < -0.3 is 10.6 Å². The summed E-state index contributed by atoms with van der Waals surface area (Å²) in [5, 5.41) is 6.31. The molecule has 0 rings (SSSR count). The van der Waals surface area contributed by atoms with Crippen LogP contribution in [0, 0.1) is 0 Å². The second kappa shape index (κ2) is 7.43. The molecule has 0 aromatic rings. The summed E-state index contributed by atoms with van der Waals surface area (Å²) in [5.41, 5.74) is 0.